The predicted octanol–water partition coefficient (Wildman–Crippen LogP) is 1.55. The minimum absolute atomic E-state index is 0.121. The third-order valence-corrected chi connectivity index (χ3v) is 3.33. The van der Waals surface area contributed by atoms with Crippen LogP contribution in [0.3, 0.4) is 0 Å². The van der Waals surface area contributed by atoms with Crippen LogP contribution in [0.5, 0.6) is 0 Å². The summed E-state index contributed by atoms with van der Waals surface area (Å²) in [6.07, 6.45) is 5.43. The Morgan fingerprint density at radius 2 is 2.15 bits per heavy atom. The number of benzene rings is 1. The van der Waals surface area contributed by atoms with Crippen molar-refractivity contribution < 1.29 is 4.79 Å². The second-order valence-corrected chi connectivity index (χ2v) is 4.75. The molecular weight excluding hydrogens is 252 g/mol. The van der Waals surface area contributed by atoms with Crippen LogP contribution in [0.4, 0.5) is 0 Å². The van der Waals surface area contributed by atoms with Gasteiger partial charge in [0, 0.05) is 19.0 Å². The van der Waals surface area contributed by atoms with Crippen LogP contribution in [0.15, 0.2) is 36.4 Å². The van der Waals surface area contributed by atoms with Crippen LogP contribution in [-0.4, -0.2) is 20.7 Å². The normalized spacial score (nSPS) is 13.6. The molecule has 1 aliphatic rings. The molecule has 1 N–H and O–H groups in total. The highest BCUT2D eigenvalue weighted by atomic mass is 16.1. The van der Waals surface area contributed by atoms with E-state index in [-0.39, 0.29) is 5.91 Å². The van der Waals surface area contributed by atoms with Gasteiger partial charge in [0.25, 0.3) is 0 Å². The highest BCUT2D eigenvalue weighted by molar-refractivity contribution is 5.91. The van der Waals surface area contributed by atoms with Crippen molar-refractivity contribution in [3.8, 4) is 0 Å². The monoisotopic (exact) mass is 268 g/mol. The average Bonchev–Trinajstić information content (AvgIpc) is 3.07. The molecule has 0 unspecified atom stereocenters. The van der Waals surface area contributed by atoms with Crippen molar-refractivity contribution in [2.24, 2.45) is 0 Å². The van der Waals surface area contributed by atoms with Gasteiger partial charge in [0.15, 0.2) is 5.82 Å². The van der Waals surface area contributed by atoms with E-state index < -0.39 is 0 Å². The lowest BCUT2D eigenvalue weighted by Crippen LogP contribution is -2.22. The zero-order chi connectivity index (χ0) is 13.8. The van der Waals surface area contributed by atoms with Crippen LogP contribution in [-0.2, 0) is 24.3 Å². The molecule has 0 radical (unpaired) electrons. The molecule has 1 amide bonds. The van der Waals surface area contributed by atoms with Gasteiger partial charge in [0.2, 0.25) is 5.91 Å². The number of rotatable bonds is 4. The Bertz CT molecular complexity index is 631. The molecule has 0 saturated carbocycles. The Morgan fingerprint density at radius 1 is 1.30 bits per heavy atom. The minimum atomic E-state index is -0.121. The maximum Gasteiger partial charge on any atom is 0.244 e. The number of amides is 1. The number of nitrogens with zero attached hydrogens (tertiary/aromatic N) is 3. The van der Waals surface area contributed by atoms with E-state index in [0.29, 0.717) is 6.54 Å². The fourth-order valence-corrected chi connectivity index (χ4v) is 2.30. The largest absolute Gasteiger partial charge is 0.345 e. The van der Waals surface area contributed by atoms with Crippen molar-refractivity contribution in [2.75, 3.05) is 0 Å². The van der Waals surface area contributed by atoms with Crippen molar-refractivity contribution in [3.05, 3.63) is 53.6 Å². The van der Waals surface area contributed by atoms with Crippen LogP contribution in [0, 0.1) is 0 Å². The fraction of sp³-hybridized carbons (Fsp3) is 0.267. The number of hydrogen-bond donors (Lipinski definition) is 1. The Kier molecular flexibility index (Phi) is 3.58. The van der Waals surface area contributed by atoms with E-state index in [2.05, 4.69) is 20.1 Å². The first-order valence-electron chi connectivity index (χ1n) is 6.75. The smallest absolute Gasteiger partial charge is 0.244 e. The molecule has 0 spiro atoms. The molecule has 5 heteroatoms. The predicted molar refractivity (Wildman–Crippen MR) is 75.7 cm³/mol. The Labute approximate surface area is 117 Å². The summed E-state index contributed by atoms with van der Waals surface area (Å²) in [6, 6.07) is 9.74. The van der Waals surface area contributed by atoms with Crippen molar-refractivity contribution >= 4 is 12.0 Å². The van der Waals surface area contributed by atoms with Crippen LogP contribution in [0.1, 0.15) is 23.6 Å². The van der Waals surface area contributed by atoms with E-state index in [1.165, 1.54) is 6.08 Å². The highest BCUT2D eigenvalue weighted by Gasteiger charge is 2.16. The summed E-state index contributed by atoms with van der Waals surface area (Å²) in [6.45, 7) is 1.37. The van der Waals surface area contributed by atoms with E-state index in [1.54, 1.807) is 6.08 Å². The summed E-state index contributed by atoms with van der Waals surface area (Å²) in [7, 11) is 0. The first-order valence-corrected chi connectivity index (χ1v) is 6.75. The van der Waals surface area contributed by atoms with Gasteiger partial charge in [0.1, 0.15) is 5.82 Å². The number of carbonyl (C=O) groups is 1. The molecule has 20 heavy (non-hydrogen) atoms. The lowest BCUT2D eigenvalue weighted by Gasteiger charge is -2.03. The fourth-order valence-electron chi connectivity index (χ4n) is 2.30. The van der Waals surface area contributed by atoms with E-state index in [0.717, 1.165) is 36.6 Å². The van der Waals surface area contributed by atoms with Gasteiger partial charge in [-0.05, 0) is 18.1 Å². The standard InChI is InChI=1S/C15H16N4O/c20-15(9-8-12-5-2-1-3-6-12)16-11-14-18-17-13-7-4-10-19(13)14/h1-3,5-6,8-9H,4,7,10-11H2,(H,16,20)/b9-8+. The number of carbonyl (C=O) groups excluding carboxylic acids is 1. The van der Waals surface area contributed by atoms with Gasteiger partial charge in [0.05, 0.1) is 6.54 Å². The SMILES string of the molecule is O=C(/C=C/c1ccccc1)NCc1nnc2n1CCC2. The lowest BCUT2D eigenvalue weighted by atomic mass is 10.2. The number of aromatic nitrogens is 3. The van der Waals surface area contributed by atoms with E-state index in [1.807, 2.05) is 30.3 Å². The molecule has 0 saturated heterocycles. The van der Waals surface area contributed by atoms with Crippen molar-refractivity contribution in [1.82, 2.24) is 20.1 Å². The van der Waals surface area contributed by atoms with Gasteiger partial charge in [-0.15, -0.1) is 10.2 Å². The van der Waals surface area contributed by atoms with Gasteiger partial charge in [-0.1, -0.05) is 30.3 Å². The van der Waals surface area contributed by atoms with Crippen LogP contribution in [0.25, 0.3) is 6.08 Å². The Balaban J connectivity index is 1.56. The van der Waals surface area contributed by atoms with Gasteiger partial charge in [-0.25, -0.2) is 0 Å². The minimum Gasteiger partial charge on any atom is -0.345 e. The first-order chi connectivity index (χ1) is 9.83. The number of hydrogen-bond acceptors (Lipinski definition) is 3. The van der Waals surface area contributed by atoms with Crippen LogP contribution in [0.2, 0.25) is 0 Å². The molecule has 2 heterocycles. The van der Waals surface area contributed by atoms with Gasteiger partial charge in [-0.3, -0.25) is 4.79 Å². The average molecular weight is 268 g/mol. The Hall–Kier alpha value is -2.43. The van der Waals surface area contributed by atoms with Crippen molar-refractivity contribution in [1.29, 1.82) is 0 Å². The second-order valence-electron chi connectivity index (χ2n) is 4.75. The van der Waals surface area contributed by atoms with Crippen molar-refractivity contribution in [3.63, 3.8) is 0 Å². The van der Waals surface area contributed by atoms with Gasteiger partial charge < -0.3 is 9.88 Å². The van der Waals surface area contributed by atoms with E-state index >= 15 is 0 Å². The summed E-state index contributed by atoms with van der Waals surface area (Å²) >= 11 is 0. The molecule has 2 aromatic rings. The van der Waals surface area contributed by atoms with Crippen LogP contribution < -0.4 is 5.32 Å². The third kappa shape index (κ3) is 2.77. The van der Waals surface area contributed by atoms with E-state index in [4.69, 9.17) is 0 Å². The van der Waals surface area contributed by atoms with Crippen molar-refractivity contribution in [2.45, 2.75) is 25.9 Å². The number of aryl methyl sites for hydroxylation is 1. The molecule has 102 valence electrons. The molecule has 1 aromatic heterocycles. The zero-order valence-corrected chi connectivity index (χ0v) is 11.1. The second kappa shape index (κ2) is 5.69. The summed E-state index contributed by atoms with van der Waals surface area (Å²) in [5, 5.41) is 11.1. The summed E-state index contributed by atoms with van der Waals surface area (Å²) in [4.78, 5) is 11.8. The van der Waals surface area contributed by atoms with Gasteiger partial charge in [-0.2, -0.15) is 0 Å². The number of fused-ring (bicyclic) bond motifs is 1. The topological polar surface area (TPSA) is 59.8 Å². The molecule has 0 aliphatic carbocycles. The molecule has 3 rings (SSSR count). The molecule has 1 aromatic carbocycles. The number of nitrogens with one attached hydrogen (secondary N) is 1. The maximum absolute atomic E-state index is 11.8. The lowest BCUT2D eigenvalue weighted by molar-refractivity contribution is -0.116. The highest BCUT2D eigenvalue weighted by Crippen LogP contribution is 2.13. The third-order valence-electron chi connectivity index (χ3n) is 3.33. The molecular formula is C15H16N4O. The zero-order valence-electron chi connectivity index (χ0n) is 11.1. The molecule has 0 bridgehead atoms. The molecule has 5 nitrogen and oxygen atoms in total. The molecule has 0 fully saturated rings. The van der Waals surface area contributed by atoms with E-state index in [9.17, 15) is 4.79 Å². The summed E-state index contributed by atoms with van der Waals surface area (Å²) in [5.74, 6) is 1.73. The maximum atomic E-state index is 11.8. The summed E-state index contributed by atoms with van der Waals surface area (Å²) < 4.78 is 2.08. The van der Waals surface area contributed by atoms with Gasteiger partial charge >= 0.3 is 0 Å². The molecule has 1 aliphatic heterocycles. The molecule has 0 atom stereocenters. The summed E-state index contributed by atoms with van der Waals surface area (Å²) in [5.41, 5.74) is 1.01. The quantitative estimate of drug-likeness (QED) is 0.856. The van der Waals surface area contributed by atoms with Crippen LogP contribution >= 0.6 is 0 Å². The first kappa shape index (κ1) is 12.6. The Morgan fingerprint density at radius 3 is 3.00 bits per heavy atom.